The number of fused-ring (bicyclic) bond motifs is 8. The lowest BCUT2D eigenvalue weighted by Gasteiger charge is -2.54. The van der Waals surface area contributed by atoms with Gasteiger partial charge in [0.15, 0.2) is 12.1 Å². The molecule has 0 bridgehead atoms. The van der Waals surface area contributed by atoms with Gasteiger partial charge in [-0.25, -0.2) is 0 Å². The van der Waals surface area contributed by atoms with E-state index in [9.17, 15) is 19.5 Å². The zero-order chi connectivity index (χ0) is 32.2. The van der Waals surface area contributed by atoms with E-state index in [-0.39, 0.29) is 95.9 Å². The van der Waals surface area contributed by atoms with E-state index in [0.29, 0.717) is 37.7 Å². The van der Waals surface area contributed by atoms with Crippen molar-refractivity contribution in [1.29, 1.82) is 0 Å². The minimum Gasteiger partial charge on any atom is -0.462 e. The highest BCUT2D eigenvalue weighted by atomic mass is 16.7. The van der Waals surface area contributed by atoms with Crippen LogP contribution in [0.2, 0.25) is 0 Å². The molecule has 6 rings (SSSR count). The lowest BCUT2D eigenvalue weighted by atomic mass is 9.49. The number of allylic oxidation sites excluding steroid dienone is 2. The van der Waals surface area contributed by atoms with Crippen molar-refractivity contribution in [3.05, 3.63) is 11.6 Å². The van der Waals surface area contributed by atoms with Crippen molar-refractivity contribution in [2.45, 2.75) is 121 Å². The Bertz CT molecular complexity index is 1150. The molecule has 10 heteroatoms. The summed E-state index contributed by atoms with van der Waals surface area (Å²) < 4.78 is 36.1. The van der Waals surface area contributed by atoms with Gasteiger partial charge in [0, 0.05) is 45.5 Å². The van der Waals surface area contributed by atoms with Crippen molar-refractivity contribution in [1.82, 2.24) is 0 Å². The molecule has 2 aliphatic heterocycles. The summed E-state index contributed by atoms with van der Waals surface area (Å²) >= 11 is 0. The lowest BCUT2D eigenvalue weighted by Crippen LogP contribution is -2.59. The van der Waals surface area contributed by atoms with Crippen LogP contribution >= 0.6 is 0 Å². The number of aliphatic hydroxyl groups is 1. The van der Waals surface area contributed by atoms with Crippen molar-refractivity contribution in [3.63, 3.8) is 0 Å². The van der Waals surface area contributed by atoms with E-state index in [1.807, 2.05) is 20.8 Å². The quantitative estimate of drug-likeness (QED) is 0.434. The largest absolute Gasteiger partial charge is 0.462 e. The molecule has 0 aromatic rings. The third kappa shape index (κ3) is 5.86. The molecule has 2 saturated heterocycles. The van der Waals surface area contributed by atoms with Crippen LogP contribution in [-0.2, 0) is 42.8 Å². The third-order valence-electron chi connectivity index (χ3n) is 12.3. The monoisotopic (exact) mass is 632 g/mol. The van der Waals surface area contributed by atoms with E-state index < -0.39 is 24.4 Å². The van der Waals surface area contributed by atoms with Crippen LogP contribution in [0.3, 0.4) is 0 Å². The number of rotatable bonds is 6. The molecule has 10 nitrogen and oxygen atoms in total. The SMILES string of the molecule is CC[C@H]1CCC[C@H](O)[C@@H](C)C(=O)C2=C[C@H]3[C@@H]4C[C@H](O[C@@H]5O[C@@H](C)[C@H](OC)[C@@H](OC)[C@H]5OC)C[C@H]4[C@@H]4C(=O)C[C@@H]4[C@H]3[C@@H]2CC(=O)O1. The summed E-state index contributed by atoms with van der Waals surface area (Å²) in [5.41, 5.74) is 0.655. The summed E-state index contributed by atoms with van der Waals surface area (Å²) in [4.78, 5) is 40.6. The number of ether oxygens (including phenoxy) is 6. The normalized spacial score (nSPS) is 48.5. The first-order chi connectivity index (χ1) is 21.6. The summed E-state index contributed by atoms with van der Waals surface area (Å²) in [6.45, 7) is 5.76. The van der Waals surface area contributed by atoms with Gasteiger partial charge in [-0.3, -0.25) is 14.4 Å². The van der Waals surface area contributed by atoms with Gasteiger partial charge in [-0.15, -0.1) is 0 Å². The minimum absolute atomic E-state index is 0.0181. The molecule has 45 heavy (non-hydrogen) atoms. The molecule has 0 aromatic heterocycles. The van der Waals surface area contributed by atoms with Crippen molar-refractivity contribution >= 4 is 17.5 Å². The highest BCUT2D eigenvalue weighted by molar-refractivity contribution is 5.99. The average Bonchev–Trinajstić information content (AvgIpc) is 3.58. The first-order valence-corrected chi connectivity index (χ1v) is 17.2. The molecule has 0 unspecified atom stereocenters. The maximum Gasteiger partial charge on any atom is 0.306 e. The van der Waals surface area contributed by atoms with Crippen LogP contribution < -0.4 is 0 Å². The fourth-order valence-electron chi connectivity index (χ4n) is 10.1. The second-order valence-electron chi connectivity index (χ2n) is 14.5. The van der Waals surface area contributed by atoms with Gasteiger partial charge in [0.25, 0.3) is 0 Å². The second kappa shape index (κ2) is 13.4. The predicted molar refractivity (Wildman–Crippen MR) is 162 cm³/mol. The van der Waals surface area contributed by atoms with E-state index in [1.54, 1.807) is 21.3 Å². The van der Waals surface area contributed by atoms with Gasteiger partial charge < -0.3 is 33.5 Å². The smallest absolute Gasteiger partial charge is 0.306 e. The average molecular weight is 633 g/mol. The Morgan fingerprint density at radius 3 is 2.29 bits per heavy atom. The summed E-state index contributed by atoms with van der Waals surface area (Å²) in [5.74, 6) is -0.542. The van der Waals surface area contributed by atoms with Gasteiger partial charge >= 0.3 is 5.97 Å². The molecule has 16 atom stereocenters. The van der Waals surface area contributed by atoms with Crippen LogP contribution in [0.1, 0.15) is 72.1 Å². The number of Topliss-reactive ketones (excluding diaryl/α,β-unsaturated/α-hetero) is 2. The number of carbonyl (C=O) groups excluding carboxylic acids is 3. The molecule has 1 N–H and O–H groups in total. The number of hydrogen-bond donors (Lipinski definition) is 1. The number of ketones is 2. The Morgan fingerprint density at radius 1 is 0.911 bits per heavy atom. The fraction of sp³-hybridized carbons (Fsp3) is 0.857. The topological polar surface area (TPSA) is 127 Å². The highest BCUT2D eigenvalue weighted by Gasteiger charge is 2.64. The summed E-state index contributed by atoms with van der Waals surface area (Å²) in [6, 6.07) is 0. The van der Waals surface area contributed by atoms with Crippen LogP contribution in [0.5, 0.6) is 0 Å². The van der Waals surface area contributed by atoms with Crippen LogP contribution in [0, 0.1) is 47.3 Å². The van der Waals surface area contributed by atoms with E-state index in [1.165, 1.54) is 0 Å². The van der Waals surface area contributed by atoms with Crippen molar-refractivity contribution in [3.8, 4) is 0 Å². The van der Waals surface area contributed by atoms with Crippen LogP contribution in [0.25, 0.3) is 0 Å². The molecular weight excluding hydrogens is 580 g/mol. The molecule has 0 aromatic carbocycles. The van der Waals surface area contributed by atoms with Crippen LogP contribution in [0.4, 0.5) is 0 Å². The predicted octanol–water partition coefficient (Wildman–Crippen LogP) is 3.66. The van der Waals surface area contributed by atoms with Crippen LogP contribution in [0.15, 0.2) is 11.6 Å². The van der Waals surface area contributed by atoms with Crippen molar-refractivity contribution in [2.75, 3.05) is 21.3 Å². The van der Waals surface area contributed by atoms with E-state index in [4.69, 9.17) is 28.4 Å². The molecule has 3 saturated carbocycles. The number of hydrogen-bond acceptors (Lipinski definition) is 10. The summed E-state index contributed by atoms with van der Waals surface area (Å²) in [5, 5.41) is 11.0. The standard InChI is InChI=1S/C35H52O10/c1-7-18-9-8-10-26(36)16(2)31(39)24-13-22-20-11-19(45-35-34(42-6)33(41-5)32(40-4)17(3)43-35)12-21(20)30-25(14-27(30)37)29(22)23(24)15-28(38)44-18/h13,16-23,25-26,29-30,32-36H,7-12,14-15H2,1-6H3/t16-,17+,18+,19+,20-,21-,22+,23-,25-,26+,29-,30+,32+,33-,34-,35+/m1/s1. The zero-order valence-electron chi connectivity index (χ0n) is 27.6. The van der Waals surface area contributed by atoms with Gasteiger partial charge in [-0.2, -0.15) is 0 Å². The van der Waals surface area contributed by atoms with Crippen LogP contribution in [-0.4, -0.2) is 93.0 Å². The molecule has 0 spiro atoms. The Morgan fingerprint density at radius 2 is 1.62 bits per heavy atom. The van der Waals surface area contributed by atoms with Gasteiger partial charge in [0.2, 0.25) is 0 Å². The molecule has 2 heterocycles. The van der Waals surface area contributed by atoms with Crippen molar-refractivity contribution in [2.24, 2.45) is 47.3 Å². The molecular formula is C35H52O10. The van der Waals surface area contributed by atoms with Gasteiger partial charge in [0.05, 0.1) is 24.7 Å². The van der Waals surface area contributed by atoms with Gasteiger partial charge in [0.1, 0.15) is 30.2 Å². The Kier molecular flexibility index (Phi) is 9.92. The molecule has 6 aliphatic rings. The van der Waals surface area contributed by atoms with Gasteiger partial charge in [-0.05, 0) is 80.6 Å². The first-order valence-electron chi connectivity index (χ1n) is 17.2. The van der Waals surface area contributed by atoms with E-state index in [2.05, 4.69) is 6.08 Å². The number of cyclic esters (lactones) is 1. The Hall–Kier alpha value is -1.69. The fourth-order valence-corrected chi connectivity index (χ4v) is 10.1. The summed E-state index contributed by atoms with van der Waals surface area (Å²) in [6.07, 6.45) is 3.59. The number of methoxy groups -OCH3 is 3. The number of aliphatic hydroxyl groups excluding tert-OH is 1. The Balaban J connectivity index is 1.27. The zero-order valence-corrected chi connectivity index (χ0v) is 27.6. The number of esters is 1. The molecule has 0 radical (unpaired) electrons. The third-order valence-corrected chi connectivity index (χ3v) is 12.3. The minimum atomic E-state index is -0.746. The first kappa shape index (κ1) is 33.2. The van der Waals surface area contributed by atoms with Crippen molar-refractivity contribution < 1.29 is 47.9 Å². The highest BCUT2D eigenvalue weighted by Crippen LogP contribution is 2.64. The summed E-state index contributed by atoms with van der Waals surface area (Å²) in [7, 11) is 4.88. The number of carbonyl (C=O) groups is 3. The lowest BCUT2D eigenvalue weighted by molar-refractivity contribution is -0.314. The maximum absolute atomic E-state index is 14.0. The second-order valence-corrected chi connectivity index (χ2v) is 14.5. The molecule has 252 valence electrons. The Labute approximate surface area is 266 Å². The van der Waals surface area contributed by atoms with Gasteiger partial charge in [-0.1, -0.05) is 19.9 Å². The molecule has 0 amide bonds. The molecule has 5 fully saturated rings. The van der Waals surface area contributed by atoms with E-state index >= 15 is 0 Å². The van der Waals surface area contributed by atoms with E-state index in [0.717, 1.165) is 12.8 Å². The maximum atomic E-state index is 14.0. The molecule has 4 aliphatic carbocycles.